The maximum atomic E-state index is 11.6. The number of hydrazine groups is 1. The number of carbonyl (C=O) groups excluding carboxylic acids is 2. The van der Waals surface area contributed by atoms with E-state index in [9.17, 15) is 9.59 Å². The molecule has 0 bridgehead atoms. The molecule has 0 aliphatic heterocycles. The lowest BCUT2D eigenvalue weighted by Crippen LogP contribution is -2.43. The first-order valence-corrected chi connectivity index (χ1v) is 6.53. The lowest BCUT2D eigenvalue weighted by atomic mass is 10.2. The molecule has 1 aromatic carbocycles. The van der Waals surface area contributed by atoms with Crippen molar-refractivity contribution in [2.45, 2.75) is 13.3 Å². The number of nitrogens with one attached hydrogen (secondary N) is 2. The Morgan fingerprint density at radius 1 is 1.19 bits per heavy atom. The first kappa shape index (κ1) is 14.6. The first-order chi connectivity index (χ1) is 10.2. The Bertz CT molecular complexity index is 608. The summed E-state index contributed by atoms with van der Waals surface area (Å²) in [5.74, 6) is -0.258. The fraction of sp³-hybridized carbons (Fsp3) is 0.200. The van der Waals surface area contributed by atoms with Crippen molar-refractivity contribution in [1.82, 2.24) is 10.9 Å². The molecule has 2 N–H and O–H groups in total. The lowest BCUT2D eigenvalue weighted by molar-refractivity contribution is -0.123. The summed E-state index contributed by atoms with van der Waals surface area (Å²) in [5.41, 5.74) is 5.60. The average molecular weight is 288 g/mol. The first-order valence-electron chi connectivity index (χ1n) is 6.53. The minimum absolute atomic E-state index is 0.117. The second-order valence-electron chi connectivity index (χ2n) is 4.27. The Morgan fingerprint density at radius 3 is 2.76 bits per heavy atom. The molecule has 110 valence electrons. The van der Waals surface area contributed by atoms with Crippen molar-refractivity contribution in [2.24, 2.45) is 0 Å². The van der Waals surface area contributed by atoms with Crippen LogP contribution in [0, 0.1) is 0 Å². The normalized spacial score (nSPS) is 9.95. The Morgan fingerprint density at radius 2 is 2.05 bits per heavy atom. The molecule has 6 heteroatoms. The van der Waals surface area contributed by atoms with Gasteiger partial charge < -0.3 is 9.15 Å². The van der Waals surface area contributed by atoms with Gasteiger partial charge in [-0.2, -0.15) is 0 Å². The highest BCUT2D eigenvalue weighted by Gasteiger charge is 2.09. The number of rotatable bonds is 5. The van der Waals surface area contributed by atoms with Gasteiger partial charge >= 0.3 is 5.91 Å². The summed E-state index contributed by atoms with van der Waals surface area (Å²) in [7, 11) is 0. The molecule has 0 fully saturated rings. The van der Waals surface area contributed by atoms with Gasteiger partial charge in [-0.15, -0.1) is 0 Å². The molecule has 0 radical (unpaired) electrons. The van der Waals surface area contributed by atoms with E-state index in [1.54, 1.807) is 12.1 Å². The zero-order valence-corrected chi connectivity index (χ0v) is 11.6. The van der Waals surface area contributed by atoms with Gasteiger partial charge in [-0.1, -0.05) is 19.1 Å². The minimum atomic E-state index is -0.527. The van der Waals surface area contributed by atoms with Crippen LogP contribution in [0.1, 0.15) is 23.0 Å². The van der Waals surface area contributed by atoms with Crippen LogP contribution < -0.4 is 15.6 Å². The van der Waals surface area contributed by atoms with E-state index in [2.05, 4.69) is 10.9 Å². The van der Waals surface area contributed by atoms with Crippen LogP contribution in [0.15, 0.2) is 47.1 Å². The van der Waals surface area contributed by atoms with E-state index in [0.717, 1.165) is 12.0 Å². The molecule has 2 amide bonds. The van der Waals surface area contributed by atoms with Crippen LogP contribution in [0.4, 0.5) is 0 Å². The topological polar surface area (TPSA) is 80.6 Å². The zero-order chi connectivity index (χ0) is 15.1. The lowest BCUT2D eigenvalue weighted by Gasteiger charge is -2.08. The minimum Gasteiger partial charge on any atom is -0.484 e. The maximum Gasteiger partial charge on any atom is 0.305 e. The van der Waals surface area contributed by atoms with Gasteiger partial charge in [-0.3, -0.25) is 20.4 Å². The molecule has 1 aromatic heterocycles. The molecular formula is C15H16N2O4. The number of hydrogen-bond acceptors (Lipinski definition) is 4. The third-order valence-corrected chi connectivity index (χ3v) is 2.74. The Kier molecular flexibility index (Phi) is 4.98. The van der Waals surface area contributed by atoms with Crippen LogP contribution >= 0.6 is 0 Å². The van der Waals surface area contributed by atoms with Crippen LogP contribution in [-0.4, -0.2) is 18.4 Å². The fourth-order valence-electron chi connectivity index (χ4n) is 1.64. The maximum absolute atomic E-state index is 11.6. The molecule has 0 saturated heterocycles. The second-order valence-corrected chi connectivity index (χ2v) is 4.27. The Labute approximate surface area is 122 Å². The van der Waals surface area contributed by atoms with Crippen molar-refractivity contribution in [3.8, 4) is 5.75 Å². The van der Waals surface area contributed by atoms with E-state index >= 15 is 0 Å². The van der Waals surface area contributed by atoms with Crippen molar-refractivity contribution < 1.29 is 18.7 Å². The predicted molar refractivity (Wildman–Crippen MR) is 75.6 cm³/mol. The Hall–Kier alpha value is -2.76. The van der Waals surface area contributed by atoms with Gasteiger partial charge in [-0.05, 0) is 36.2 Å². The smallest absolute Gasteiger partial charge is 0.305 e. The molecule has 6 nitrogen and oxygen atoms in total. The summed E-state index contributed by atoms with van der Waals surface area (Å²) in [6, 6.07) is 10.6. The molecule has 0 unspecified atom stereocenters. The van der Waals surface area contributed by atoms with E-state index < -0.39 is 11.8 Å². The van der Waals surface area contributed by atoms with Gasteiger partial charge in [-0.25, -0.2) is 0 Å². The van der Waals surface area contributed by atoms with E-state index in [4.69, 9.17) is 9.15 Å². The molecule has 2 rings (SSSR count). The SMILES string of the molecule is CCc1cccc(OCC(=O)NNC(=O)c2ccco2)c1. The second kappa shape index (κ2) is 7.14. The number of amides is 2. The molecule has 0 aliphatic rings. The standard InChI is InChI=1S/C15H16N2O4/c1-2-11-5-3-6-12(9-11)21-10-14(18)16-17-15(19)13-7-4-8-20-13/h3-9H,2,10H2,1H3,(H,16,18)(H,17,19). The van der Waals surface area contributed by atoms with Crippen LogP contribution in [-0.2, 0) is 11.2 Å². The molecule has 0 spiro atoms. The molecule has 0 atom stereocenters. The number of furan rings is 1. The van der Waals surface area contributed by atoms with Crippen molar-refractivity contribution in [2.75, 3.05) is 6.61 Å². The van der Waals surface area contributed by atoms with Crippen molar-refractivity contribution in [1.29, 1.82) is 0 Å². The zero-order valence-electron chi connectivity index (χ0n) is 11.6. The number of ether oxygens (including phenoxy) is 1. The average Bonchev–Trinajstić information content (AvgIpc) is 3.05. The highest BCUT2D eigenvalue weighted by molar-refractivity contribution is 5.92. The van der Waals surface area contributed by atoms with Gasteiger partial charge in [0.1, 0.15) is 5.75 Å². The third kappa shape index (κ3) is 4.38. The largest absolute Gasteiger partial charge is 0.484 e. The van der Waals surface area contributed by atoms with Crippen LogP contribution in [0.3, 0.4) is 0 Å². The molecular weight excluding hydrogens is 272 g/mol. The molecule has 0 aliphatic carbocycles. The molecule has 21 heavy (non-hydrogen) atoms. The van der Waals surface area contributed by atoms with Crippen molar-refractivity contribution in [3.63, 3.8) is 0 Å². The van der Waals surface area contributed by atoms with E-state index in [1.165, 1.54) is 12.3 Å². The highest BCUT2D eigenvalue weighted by Crippen LogP contribution is 2.13. The van der Waals surface area contributed by atoms with Gasteiger partial charge in [0.15, 0.2) is 12.4 Å². The highest BCUT2D eigenvalue weighted by atomic mass is 16.5. The number of benzene rings is 1. The number of carbonyl (C=O) groups is 2. The van der Waals surface area contributed by atoms with Crippen LogP contribution in [0.5, 0.6) is 5.75 Å². The van der Waals surface area contributed by atoms with Crippen molar-refractivity contribution >= 4 is 11.8 Å². The number of hydrogen-bond donors (Lipinski definition) is 2. The van der Waals surface area contributed by atoms with E-state index in [0.29, 0.717) is 5.75 Å². The monoisotopic (exact) mass is 288 g/mol. The molecule has 1 heterocycles. The van der Waals surface area contributed by atoms with Crippen LogP contribution in [0.2, 0.25) is 0 Å². The van der Waals surface area contributed by atoms with Crippen molar-refractivity contribution in [3.05, 3.63) is 54.0 Å². The summed E-state index contributed by atoms with van der Waals surface area (Å²) >= 11 is 0. The van der Waals surface area contributed by atoms with Gasteiger partial charge in [0.2, 0.25) is 0 Å². The summed E-state index contributed by atoms with van der Waals surface area (Å²) in [4.78, 5) is 23.1. The predicted octanol–water partition coefficient (Wildman–Crippen LogP) is 1.68. The summed E-state index contributed by atoms with van der Waals surface area (Å²) in [6.45, 7) is 1.85. The van der Waals surface area contributed by atoms with Crippen LogP contribution in [0.25, 0.3) is 0 Å². The summed E-state index contributed by atoms with van der Waals surface area (Å²) in [5, 5.41) is 0. The summed E-state index contributed by atoms with van der Waals surface area (Å²) < 4.78 is 10.2. The quantitative estimate of drug-likeness (QED) is 0.820. The Balaban J connectivity index is 1.75. The summed E-state index contributed by atoms with van der Waals surface area (Å²) in [6.07, 6.45) is 2.27. The molecule has 2 aromatic rings. The van der Waals surface area contributed by atoms with Gasteiger partial charge in [0, 0.05) is 0 Å². The number of aryl methyl sites for hydroxylation is 1. The van der Waals surface area contributed by atoms with Gasteiger partial charge in [0.05, 0.1) is 6.26 Å². The van der Waals surface area contributed by atoms with E-state index in [1.807, 2.05) is 25.1 Å². The van der Waals surface area contributed by atoms with Gasteiger partial charge in [0.25, 0.3) is 5.91 Å². The third-order valence-electron chi connectivity index (χ3n) is 2.74. The fourth-order valence-corrected chi connectivity index (χ4v) is 1.64. The molecule has 0 saturated carbocycles. The van der Waals surface area contributed by atoms with E-state index in [-0.39, 0.29) is 12.4 Å².